The highest BCUT2D eigenvalue weighted by Gasteiger charge is 2.16. The molecule has 0 saturated carbocycles. The first-order valence-corrected chi connectivity index (χ1v) is 6.59. The summed E-state index contributed by atoms with van der Waals surface area (Å²) in [6, 6.07) is 10.0. The third kappa shape index (κ3) is 2.76. The molecule has 1 atom stereocenters. The first-order valence-electron chi connectivity index (χ1n) is 5.07. The molecule has 0 spiro atoms. The van der Waals surface area contributed by atoms with E-state index in [1.165, 1.54) is 0 Å². The molecule has 0 saturated heterocycles. The SMILES string of the molecule is OC(c1ccc(Cl)c(Cl)c1)c1cccc(Cl)c1Cl. The molecule has 0 fully saturated rings. The lowest BCUT2D eigenvalue weighted by Gasteiger charge is -2.14. The number of aliphatic hydroxyl groups is 1. The van der Waals surface area contributed by atoms with Crippen molar-refractivity contribution in [2.24, 2.45) is 0 Å². The van der Waals surface area contributed by atoms with Crippen LogP contribution in [0.4, 0.5) is 0 Å². The molecule has 94 valence electrons. The van der Waals surface area contributed by atoms with Crippen LogP contribution in [0, 0.1) is 0 Å². The molecular formula is C13H8Cl4O. The molecule has 0 aromatic heterocycles. The number of benzene rings is 2. The zero-order valence-corrected chi connectivity index (χ0v) is 12.0. The minimum Gasteiger partial charge on any atom is -0.384 e. The Hall–Kier alpha value is -0.440. The van der Waals surface area contributed by atoms with Crippen molar-refractivity contribution in [3.05, 3.63) is 67.6 Å². The maximum atomic E-state index is 10.3. The molecule has 0 radical (unpaired) electrons. The molecule has 1 unspecified atom stereocenters. The van der Waals surface area contributed by atoms with Crippen molar-refractivity contribution in [1.29, 1.82) is 0 Å². The zero-order chi connectivity index (χ0) is 13.3. The summed E-state index contributed by atoms with van der Waals surface area (Å²) in [6.07, 6.45) is -0.897. The number of rotatable bonds is 2. The van der Waals surface area contributed by atoms with Gasteiger partial charge < -0.3 is 5.11 Å². The summed E-state index contributed by atoms with van der Waals surface area (Å²) in [5, 5.41) is 11.8. The molecule has 0 aliphatic heterocycles. The lowest BCUT2D eigenvalue weighted by atomic mass is 10.0. The van der Waals surface area contributed by atoms with Crippen LogP contribution in [0.3, 0.4) is 0 Å². The molecule has 1 nitrogen and oxygen atoms in total. The third-order valence-electron chi connectivity index (χ3n) is 2.54. The molecule has 2 rings (SSSR count). The largest absolute Gasteiger partial charge is 0.384 e. The molecule has 0 amide bonds. The fraction of sp³-hybridized carbons (Fsp3) is 0.0769. The zero-order valence-electron chi connectivity index (χ0n) is 9.00. The van der Waals surface area contributed by atoms with Gasteiger partial charge in [-0.25, -0.2) is 0 Å². The van der Waals surface area contributed by atoms with Gasteiger partial charge in [0.05, 0.1) is 20.1 Å². The Morgan fingerprint density at radius 2 is 1.56 bits per heavy atom. The van der Waals surface area contributed by atoms with Crippen molar-refractivity contribution in [2.45, 2.75) is 6.10 Å². The van der Waals surface area contributed by atoms with E-state index in [4.69, 9.17) is 46.4 Å². The molecule has 2 aromatic carbocycles. The van der Waals surface area contributed by atoms with Gasteiger partial charge in [0.2, 0.25) is 0 Å². The predicted octanol–water partition coefficient (Wildman–Crippen LogP) is 5.38. The molecule has 0 aliphatic carbocycles. The quantitative estimate of drug-likeness (QED) is 0.787. The van der Waals surface area contributed by atoms with E-state index in [2.05, 4.69) is 0 Å². The monoisotopic (exact) mass is 320 g/mol. The third-order valence-corrected chi connectivity index (χ3v) is 4.11. The lowest BCUT2D eigenvalue weighted by molar-refractivity contribution is 0.220. The average Bonchev–Trinajstić information content (AvgIpc) is 2.35. The second-order valence-corrected chi connectivity index (χ2v) is 5.32. The van der Waals surface area contributed by atoms with Crippen LogP contribution in [-0.4, -0.2) is 5.11 Å². The summed E-state index contributed by atoms with van der Waals surface area (Å²) < 4.78 is 0. The standard InChI is InChI=1S/C13H8Cl4O/c14-9-5-4-7(6-11(9)16)13(18)8-2-1-3-10(15)12(8)17/h1-6,13,18H. The Kier molecular flexibility index (Phi) is 4.41. The van der Waals surface area contributed by atoms with Gasteiger partial charge in [0.1, 0.15) is 6.10 Å². The van der Waals surface area contributed by atoms with Crippen LogP contribution in [0.5, 0.6) is 0 Å². The van der Waals surface area contributed by atoms with Gasteiger partial charge in [-0.3, -0.25) is 0 Å². The van der Waals surface area contributed by atoms with Gasteiger partial charge >= 0.3 is 0 Å². The van der Waals surface area contributed by atoms with Crippen molar-refractivity contribution in [2.75, 3.05) is 0 Å². The van der Waals surface area contributed by atoms with Crippen LogP contribution in [0.25, 0.3) is 0 Å². The van der Waals surface area contributed by atoms with Gasteiger partial charge in [-0.05, 0) is 23.8 Å². The van der Waals surface area contributed by atoms with Crippen LogP contribution < -0.4 is 0 Å². The van der Waals surface area contributed by atoms with Crippen LogP contribution >= 0.6 is 46.4 Å². The van der Waals surface area contributed by atoms with Crippen molar-refractivity contribution in [3.8, 4) is 0 Å². The maximum absolute atomic E-state index is 10.3. The maximum Gasteiger partial charge on any atom is 0.106 e. The van der Waals surface area contributed by atoms with E-state index in [9.17, 15) is 5.11 Å². The van der Waals surface area contributed by atoms with Gasteiger partial charge in [0.25, 0.3) is 0 Å². The molecule has 0 heterocycles. The number of halogens is 4. The Balaban J connectivity index is 2.44. The topological polar surface area (TPSA) is 20.2 Å². The van der Waals surface area contributed by atoms with E-state index in [0.717, 1.165) is 0 Å². The van der Waals surface area contributed by atoms with Gasteiger partial charge in [0.15, 0.2) is 0 Å². The van der Waals surface area contributed by atoms with E-state index >= 15 is 0 Å². The van der Waals surface area contributed by atoms with Crippen LogP contribution in [-0.2, 0) is 0 Å². The first kappa shape index (κ1) is 14.0. The summed E-state index contributed by atoms with van der Waals surface area (Å²) in [5.74, 6) is 0. The molecule has 0 aliphatic rings. The smallest absolute Gasteiger partial charge is 0.106 e. The Bertz CT molecular complexity index is 583. The van der Waals surface area contributed by atoms with Gasteiger partial charge in [-0.15, -0.1) is 0 Å². The number of aliphatic hydroxyl groups excluding tert-OH is 1. The van der Waals surface area contributed by atoms with E-state index in [1.807, 2.05) is 0 Å². The molecule has 1 N–H and O–H groups in total. The second kappa shape index (κ2) is 5.68. The highest BCUT2D eigenvalue weighted by atomic mass is 35.5. The summed E-state index contributed by atoms with van der Waals surface area (Å²) in [7, 11) is 0. The lowest BCUT2D eigenvalue weighted by Crippen LogP contribution is -2.00. The van der Waals surface area contributed by atoms with Crippen LogP contribution in [0.15, 0.2) is 36.4 Å². The molecule has 5 heteroatoms. The van der Waals surface area contributed by atoms with E-state index in [-0.39, 0.29) is 0 Å². The van der Waals surface area contributed by atoms with Crippen molar-refractivity contribution >= 4 is 46.4 Å². The fourth-order valence-corrected chi connectivity index (χ4v) is 2.31. The second-order valence-electron chi connectivity index (χ2n) is 3.72. The summed E-state index contributed by atoms with van der Waals surface area (Å²) in [5.41, 5.74) is 1.14. The fourth-order valence-electron chi connectivity index (χ4n) is 1.59. The summed E-state index contributed by atoms with van der Waals surface area (Å²) >= 11 is 23.7. The van der Waals surface area contributed by atoms with Crippen molar-refractivity contribution in [1.82, 2.24) is 0 Å². The molecule has 0 bridgehead atoms. The predicted molar refractivity (Wildman–Crippen MR) is 77.0 cm³/mol. The Morgan fingerprint density at radius 3 is 2.22 bits per heavy atom. The normalized spacial score (nSPS) is 12.5. The highest BCUT2D eigenvalue weighted by molar-refractivity contribution is 6.42. The summed E-state index contributed by atoms with van der Waals surface area (Å²) in [6.45, 7) is 0. The van der Waals surface area contributed by atoms with Crippen LogP contribution in [0.2, 0.25) is 20.1 Å². The van der Waals surface area contributed by atoms with Crippen molar-refractivity contribution < 1.29 is 5.11 Å². The Labute approximate surface area is 125 Å². The number of hydrogen-bond acceptors (Lipinski definition) is 1. The first-order chi connectivity index (χ1) is 8.50. The van der Waals surface area contributed by atoms with E-state index in [1.54, 1.807) is 36.4 Å². The number of hydrogen-bond donors (Lipinski definition) is 1. The minimum atomic E-state index is -0.897. The molecule has 2 aromatic rings. The van der Waals surface area contributed by atoms with Crippen molar-refractivity contribution in [3.63, 3.8) is 0 Å². The Morgan fingerprint density at radius 1 is 0.833 bits per heavy atom. The van der Waals surface area contributed by atoms with Crippen LogP contribution in [0.1, 0.15) is 17.2 Å². The van der Waals surface area contributed by atoms with Gasteiger partial charge in [0, 0.05) is 5.56 Å². The summed E-state index contributed by atoms with van der Waals surface area (Å²) in [4.78, 5) is 0. The average molecular weight is 322 g/mol. The molecule has 18 heavy (non-hydrogen) atoms. The van der Waals surface area contributed by atoms with Gasteiger partial charge in [-0.1, -0.05) is 64.6 Å². The molecular weight excluding hydrogens is 314 g/mol. The highest BCUT2D eigenvalue weighted by Crippen LogP contribution is 2.34. The minimum absolute atomic E-state index is 0.331. The van der Waals surface area contributed by atoms with Gasteiger partial charge in [-0.2, -0.15) is 0 Å². The van der Waals surface area contributed by atoms with E-state index in [0.29, 0.717) is 31.2 Å². The van der Waals surface area contributed by atoms with E-state index < -0.39 is 6.10 Å².